The van der Waals surface area contributed by atoms with Crippen LogP contribution in [-0.4, -0.2) is 41.8 Å². The summed E-state index contributed by atoms with van der Waals surface area (Å²) in [6, 6.07) is 0. The van der Waals surface area contributed by atoms with Gasteiger partial charge >= 0.3 is 6.09 Å². The second-order valence-corrected chi connectivity index (χ2v) is 8.02. The Morgan fingerprint density at radius 3 is 2.53 bits per heavy atom. The summed E-state index contributed by atoms with van der Waals surface area (Å²) < 4.78 is 5.27. The second kappa shape index (κ2) is 6.84. The Hall–Kier alpha value is -0.420. The minimum absolute atomic E-state index is 0.298. The molecule has 112 valence electrons. The molecule has 1 heterocycles. The largest absolute Gasteiger partial charge is 0.444 e. The van der Waals surface area contributed by atoms with E-state index in [4.69, 9.17) is 4.74 Å². The van der Waals surface area contributed by atoms with Crippen molar-refractivity contribution in [1.29, 1.82) is 0 Å². The first-order valence-electron chi connectivity index (χ1n) is 6.98. The van der Waals surface area contributed by atoms with Gasteiger partial charge in [-0.25, -0.2) is 4.79 Å². The maximum absolute atomic E-state index is 11.7. The van der Waals surface area contributed by atoms with Crippen LogP contribution in [0.5, 0.6) is 0 Å². The average Bonchev–Trinajstić information content (AvgIpc) is 2.65. The molecule has 0 aliphatic carbocycles. The molecule has 0 saturated carbocycles. The molecule has 0 aromatic heterocycles. The summed E-state index contributed by atoms with van der Waals surface area (Å²) in [5.74, 6) is 3.32. The number of rotatable bonds is 5. The van der Waals surface area contributed by atoms with Gasteiger partial charge in [0, 0.05) is 6.54 Å². The molecule has 19 heavy (non-hydrogen) atoms. The first-order valence-corrected chi connectivity index (χ1v) is 8.13. The zero-order valence-corrected chi connectivity index (χ0v) is 13.7. The molecule has 1 aliphatic rings. The van der Waals surface area contributed by atoms with Gasteiger partial charge in [-0.3, -0.25) is 0 Å². The van der Waals surface area contributed by atoms with Gasteiger partial charge in [-0.1, -0.05) is 0 Å². The molecule has 5 heteroatoms. The Balaban J connectivity index is 2.24. The molecule has 0 aromatic carbocycles. The van der Waals surface area contributed by atoms with Crippen LogP contribution in [0.25, 0.3) is 0 Å². The standard InChI is InChI=1S/C14H28N2O2S/c1-13(2,3)18-12(17)16-14(4,5)10-15-8-11-6-7-19-9-11/h11,15H,6-10H2,1-5H3,(H,16,17). The minimum Gasteiger partial charge on any atom is -0.444 e. The summed E-state index contributed by atoms with van der Waals surface area (Å²) in [7, 11) is 0. The number of carbonyl (C=O) groups excluding carboxylic acids is 1. The van der Waals surface area contributed by atoms with Crippen LogP contribution in [0.2, 0.25) is 0 Å². The summed E-state index contributed by atoms with van der Waals surface area (Å²) in [4.78, 5) is 11.7. The summed E-state index contributed by atoms with van der Waals surface area (Å²) >= 11 is 2.03. The van der Waals surface area contributed by atoms with E-state index < -0.39 is 5.60 Å². The monoisotopic (exact) mass is 288 g/mol. The van der Waals surface area contributed by atoms with Crippen LogP contribution >= 0.6 is 11.8 Å². The number of amides is 1. The van der Waals surface area contributed by atoms with Gasteiger partial charge in [0.25, 0.3) is 0 Å². The Kier molecular flexibility index (Phi) is 5.99. The first-order chi connectivity index (χ1) is 8.68. The molecule has 1 rings (SSSR count). The fourth-order valence-corrected chi connectivity index (χ4v) is 3.24. The molecule has 2 N–H and O–H groups in total. The molecule has 1 amide bonds. The minimum atomic E-state index is -0.450. The average molecular weight is 288 g/mol. The first kappa shape index (κ1) is 16.6. The van der Waals surface area contributed by atoms with E-state index in [0.717, 1.165) is 19.0 Å². The Bertz CT molecular complexity index is 294. The molecule has 0 radical (unpaired) electrons. The van der Waals surface area contributed by atoms with Crippen molar-refractivity contribution in [1.82, 2.24) is 10.6 Å². The van der Waals surface area contributed by atoms with Crippen molar-refractivity contribution < 1.29 is 9.53 Å². The smallest absolute Gasteiger partial charge is 0.408 e. The fraction of sp³-hybridized carbons (Fsp3) is 0.929. The van der Waals surface area contributed by atoms with E-state index in [2.05, 4.69) is 10.6 Å². The third kappa shape index (κ3) is 7.67. The van der Waals surface area contributed by atoms with E-state index in [1.165, 1.54) is 17.9 Å². The predicted octanol–water partition coefficient (Wildman–Crippen LogP) is 2.63. The molecule has 0 bridgehead atoms. The highest BCUT2D eigenvalue weighted by atomic mass is 32.2. The van der Waals surface area contributed by atoms with Crippen molar-refractivity contribution in [3.8, 4) is 0 Å². The number of ether oxygens (including phenoxy) is 1. The lowest BCUT2D eigenvalue weighted by Crippen LogP contribution is -2.52. The number of nitrogens with one attached hydrogen (secondary N) is 2. The van der Waals surface area contributed by atoms with Gasteiger partial charge in [-0.05, 0) is 65.0 Å². The zero-order valence-electron chi connectivity index (χ0n) is 12.8. The van der Waals surface area contributed by atoms with Crippen molar-refractivity contribution in [3.05, 3.63) is 0 Å². The van der Waals surface area contributed by atoms with Crippen molar-refractivity contribution in [2.24, 2.45) is 5.92 Å². The van der Waals surface area contributed by atoms with Gasteiger partial charge in [0.2, 0.25) is 0 Å². The van der Waals surface area contributed by atoms with E-state index in [-0.39, 0.29) is 11.6 Å². The zero-order chi connectivity index (χ0) is 14.5. The molecule has 1 atom stereocenters. The third-order valence-corrected chi connectivity index (χ3v) is 4.09. The third-order valence-electron chi connectivity index (χ3n) is 2.86. The molecule has 0 aromatic rings. The lowest BCUT2D eigenvalue weighted by molar-refractivity contribution is 0.0472. The van der Waals surface area contributed by atoms with Crippen LogP contribution < -0.4 is 10.6 Å². The fourth-order valence-electron chi connectivity index (χ4n) is 1.96. The lowest BCUT2D eigenvalue weighted by Gasteiger charge is -2.29. The van der Waals surface area contributed by atoms with E-state index in [9.17, 15) is 4.79 Å². The van der Waals surface area contributed by atoms with E-state index >= 15 is 0 Å². The van der Waals surface area contributed by atoms with Crippen LogP contribution in [0.4, 0.5) is 4.79 Å². The van der Waals surface area contributed by atoms with Gasteiger partial charge in [0.05, 0.1) is 5.54 Å². The van der Waals surface area contributed by atoms with Crippen molar-refractivity contribution in [2.75, 3.05) is 24.6 Å². The number of alkyl carbamates (subject to hydrolysis) is 1. The summed E-state index contributed by atoms with van der Waals surface area (Å²) in [5.41, 5.74) is -0.747. The highest BCUT2D eigenvalue weighted by Gasteiger charge is 2.24. The van der Waals surface area contributed by atoms with Crippen molar-refractivity contribution in [2.45, 2.75) is 52.2 Å². The molecule has 1 unspecified atom stereocenters. The van der Waals surface area contributed by atoms with Crippen molar-refractivity contribution in [3.63, 3.8) is 0 Å². The van der Waals surface area contributed by atoms with Gasteiger partial charge in [0.1, 0.15) is 5.60 Å². The van der Waals surface area contributed by atoms with E-state index in [1.807, 2.05) is 46.4 Å². The Labute approximate surface area is 121 Å². The van der Waals surface area contributed by atoms with Crippen LogP contribution in [0, 0.1) is 5.92 Å². The lowest BCUT2D eigenvalue weighted by atomic mass is 10.0. The maximum Gasteiger partial charge on any atom is 0.408 e. The van der Waals surface area contributed by atoms with Gasteiger partial charge in [0.15, 0.2) is 0 Å². The molecule has 4 nitrogen and oxygen atoms in total. The van der Waals surface area contributed by atoms with Crippen LogP contribution in [-0.2, 0) is 4.74 Å². The second-order valence-electron chi connectivity index (χ2n) is 6.87. The topological polar surface area (TPSA) is 50.4 Å². The predicted molar refractivity (Wildman–Crippen MR) is 81.8 cm³/mol. The Morgan fingerprint density at radius 2 is 2.00 bits per heavy atom. The van der Waals surface area contributed by atoms with Crippen LogP contribution in [0.3, 0.4) is 0 Å². The number of hydrogen-bond acceptors (Lipinski definition) is 4. The Morgan fingerprint density at radius 1 is 1.32 bits per heavy atom. The van der Waals surface area contributed by atoms with Gasteiger partial charge in [-0.2, -0.15) is 11.8 Å². The molecule has 0 spiro atoms. The van der Waals surface area contributed by atoms with Gasteiger partial charge in [-0.15, -0.1) is 0 Å². The van der Waals surface area contributed by atoms with E-state index in [1.54, 1.807) is 0 Å². The quantitative estimate of drug-likeness (QED) is 0.816. The normalized spacial score (nSPS) is 20.4. The highest BCUT2D eigenvalue weighted by Crippen LogP contribution is 2.22. The maximum atomic E-state index is 11.7. The number of hydrogen-bond donors (Lipinski definition) is 2. The summed E-state index contributed by atoms with van der Waals surface area (Å²) in [6.07, 6.45) is 0.952. The molecule has 1 aliphatic heterocycles. The van der Waals surface area contributed by atoms with Crippen molar-refractivity contribution >= 4 is 17.9 Å². The SMILES string of the molecule is CC(C)(CNCC1CCSC1)NC(=O)OC(C)(C)C. The summed E-state index contributed by atoms with van der Waals surface area (Å²) in [5, 5.41) is 6.36. The van der Waals surface area contributed by atoms with Crippen LogP contribution in [0.15, 0.2) is 0 Å². The number of thioether (sulfide) groups is 1. The van der Waals surface area contributed by atoms with Gasteiger partial charge < -0.3 is 15.4 Å². The summed E-state index contributed by atoms with van der Waals surface area (Å²) in [6.45, 7) is 11.4. The molecular weight excluding hydrogens is 260 g/mol. The van der Waals surface area contributed by atoms with Crippen LogP contribution in [0.1, 0.15) is 41.0 Å². The molecular formula is C14H28N2O2S. The molecule has 1 saturated heterocycles. The number of carbonyl (C=O) groups is 1. The van der Waals surface area contributed by atoms with E-state index in [0.29, 0.717) is 0 Å². The highest BCUT2D eigenvalue weighted by molar-refractivity contribution is 7.99. The molecule has 1 fully saturated rings.